The summed E-state index contributed by atoms with van der Waals surface area (Å²) in [6.45, 7) is 9.72. The number of aliphatic hydroxyl groups excluding tert-OH is 1. The van der Waals surface area contributed by atoms with Crippen LogP contribution in [0.4, 0.5) is 0 Å². The number of benzene rings is 3. The topological polar surface area (TPSA) is 639 Å². The first-order valence-corrected chi connectivity index (χ1v) is 36.8. The van der Waals surface area contributed by atoms with Crippen molar-refractivity contribution in [1.82, 2.24) is 58.5 Å². The molecule has 0 bridgehead atoms. The number of phenols is 1. The highest BCUT2D eigenvalue weighted by Crippen LogP contribution is 2.18. The Kier molecular flexibility index (Phi) is 41.4. The number of phenolic OH excluding ortho intramolecular Hbond substituents is 1. The zero-order chi connectivity index (χ0) is 83.0. The van der Waals surface area contributed by atoms with Gasteiger partial charge in [-0.1, -0.05) is 114 Å². The molecule has 3 aromatic rings. The van der Waals surface area contributed by atoms with Gasteiger partial charge < -0.3 is 114 Å². The molecule has 111 heavy (non-hydrogen) atoms. The van der Waals surface area contributed by atoms with E-state index in [0.717, 1.165) is 6.92 Å². The summed E-state index contributed by atoms with van der Waals surface area (Å²) in [4.78, 5) is 202. The number of ketones is 1. The van der Waals surface area contributed by atoms with Gasteiger partial charge in [0.1, 0.15) is 60.0 Å². The SMILES string of the molecule is CC(C)C[C@H](NC(=O)[C@H](Cc1ccccc1)NC(=O)CNC(=O)CNC(=O)[C@@H](N)Cc1ccc(O)cc1)C(=O)N[C@@H](CCCN=C(N)N)C(=O)N[C@@H](CCCN=C(N)N)C(=O)N[C@@H](CCC(N)=O)C(=O)N[C@@H](Cc1ccccc1)C(=O)N[C@@H](CCCCN)C(=O)N[C@H](C(=O)N[C@H](C(=O)[C@H](C(=O)O)[C@@H](C)O)C(C)C)C(C)C. The maximum atomic E-state index is 14.9. The molecule has 12 amide bonds. The minimum absolute atomic E-state index is 0.0000250. The Bertz CT molecular complexity index is 3630. The standard InChI is InChI=1S/C74H114N20O17/c1-40(2)34-53(91-69(107)54(36-44-18-10-8-11-19-44)86-58(99)39-84-57(98)38-85-63(101)48(76)35-46-25-27-47(96)28-26-46)68(106)89-51(24-17-33-83-74(80)81)64(102)87-50(23-16-32-82-73(78)79)65(103)90-52(29-30-56(77)97)66(104)92-55(37-45-20-12-9-13-21-45)70(108)88-49(22-14-15-31-75)67(105)94-61(42(5)6)71(109)93-60(41(3)4)62(100)59(43(7)95)72(110)111/h8-13,18-21,25-28,40-43,48-55,59-61,95-96H,14-17,22-24,29-39,75-76H2,1-7H3,(H2,77,97)(H,84,98)(H,85,101)(H,86,99)(H,87,102)(H,88,108)(H,89,106)(H,90,103)(H,91,107)(H,92,104)(H,93,109)(H,94,105)(H,110,111)(H4,78,79,82)(H4,80,81,83)/t43-,48+,49+,50+,51+,52+,53+,54+,55+,59-,60+,61+/m1/s1. The zero-order valence-corrected chi connectivity index (χ0v) is 64.0. The van der Waals surface area contributed by atoms with Crippen LogP contribution in [-0.4, -0.2) is 209 Å². The number of guanidine groups is 2. The molecule has 37 nitrogen and oxygen atoms in total. The Labute approximate surface area is 645 Å². The van der Waals surface area contributed by atoms with E-state index >= 15 is 0 Å². The van der Waals surface area contributed by atoms with Crippen LogP contribution in [0.5, 0.6) is 5.75 Å². The van der Waals surface area contributed by atoms with Crippen molar-refractivity contribution >= 4 is 94.6 Å². The van der Waals surface area contributed by atoms with Gasteiger partial charge >= 0.3 is 5.97 Å². The van der Waals surface area contributed by atoms with Crippen LogP contribution in [0.1, 0.15) is 129 Å². The monoisotopic (exact) mass is 1550 g/mol. The highest BCUT2D eigenvalue weighted by atomic mass is 16.4. The molecule has 0 spiro atoms. The minimum atomic E-state index is -1.89. The number of primary amides is 1. The lowest BCUT2D eigenvalue weighted by Crippen LogP contribution is -2.61. The number of rotatable bonds is 51. The number of aliphatic carboxylic acids is 1. The Morgan fingerprint density at radius 3 is 1.25 bits per heavy atom. The third-order valence-corrected chi connectivity index (χ3v) is 17.4. The van der Waals surface area contributed by atoms with Crippen molar-refractivity contribution in [3.63, 3.8) is 0 Å². The number of aliphatic hydroxyl groups is 1. The molecule has 3 aromatic carbocycles. The molecule has 28 N–H and O–H groups in total. The molecule has 0 aliphatic heterocycles. The molecule has 37 heteroatoms. The van der Waals surface area contributed by atoms with E-state index in [1.807, 2.05) is 0 Å². The van der Waals surface area contributed by atoms with E-state index in [1.165, 1.54) is 12.1 Å². The number of amides is 12. The lowest BCUT2D eigenvalue weighted by atomic mass is 9.87. The van der Waals surface area contributed by atoms with Crippen LogP contribution in [0.2, 0.25) is 0 Å². The van der Waals surface area contributed by atoms with E-state index in [-0.39, 0.29) is 107 Å². The predicted molar refractivity (Wildman–Crippen MR) is 412 cm³/mol. The number of hydrogen-bond acceptors (Lipinski definition) is 20. The van der Waals surface area contributed by atoms with Crippen molar-refractivity contribution in [1.29, 1.82) is 0 Å². The number of carboxylic acids is 1. The highest BCUT2D eigenvalue weighted by Gasteiger charge is 2.41. The third kappa shape index (κ3) is 35.7. The van der Waals surface area contributed by atoms with Crippen LogP contribution in [-0.2, 0) is 86.4 Å². The first-order valence-electron chi connectivity index (χ1n) is 36.8. The molecule has 0 radical (unpaired) electrons. The zero-order valence-electron chi connectivity index (χ0n) is 64.0. The van der Waals surface area contributed by atoms with Gasteiger partial charge in [-0.15, -0.1) is 0 Å². The molecular weight excluding hydrogens is 1440 g/mol. The lowest BCUT2D eigenvalue weighted by Gasteiger charge is -2.30. The maximum Gasteiger partial charge on any atom is 0.316 e. The van der Waals surface area contributed by atoms with Gasteiger partial charge in [-0.05, 0) is 124 Å². The van der Waals surface area contributed by atoms with Crippen molar-refractivity contribution < 1.29 is 82.4 Å². The van der Waals surface area contributed by atoms with E-state index in [0.29, 0.717) is 23.1 Å². The first-order chi connectivity index (χ1) is 52.4. The van der Waals surface area contributed by atoms with Gasteiger partial charge in [-0.25, -0.2) is 0 Å². The Morgan fingerprint density at radius 2 is 0.820 bits per heavy atom. The number of unbranched alkanes of at least 4 members (excludes halogenated alkanes) is 1. The molecule has 3 rings (SSSR count). The summed E-state index contributed by atoms with van der Waals surface area (Å²) >= 11 is 0. The van der Waals surface area contributed by atoms with Gasteiger partial charge in [0.25, 0.3) is 0 Å². The molecule has 0 fully saturated rings. The summed E-state index contributed by atoms with van der Waals surface area (Å²) in [5.74, 6) is -17.4. The second kappa shape index (κ2) is 48.9. The first kappa shape index (κ1) is 93.9. The summed E-state index contributed by atoms with van der Waals surface area (Å²) in [6.07, 6.45) is -2.75. The van der Waals surface area contributed by atoms with Crippen molar-refractivity contribution in [3.05, 3.63) is 102 Å². The lowest BCUT2D eigenvalue weighted by molar-refractivity contribution is -0.152. The highest BCUT2D eigenvalue weighted by molar-refractivity contribution is 6.04. The fraction of sp³-hybridized carbons (Fsp3) is 0.541. The number of hydrogen-bond donors (Lipinski definition) is 21. The molecule has 0 unspecified atom stereocenters. The predicted octanol–water partition coefficient (Wildman–Crippen LogP) is -4.15. The van der Waals surface area contributed by atoms with Crippen molar-refractivity contribution in [2.24, 2.45) is 73.8 Å². The summed E-state index contributed by atoms with van der Waals surface area (Å²) in [6, 6.07) is 8.39. The van der Waals surface area contributed by atoms with E-state index in [9.17, 15) is 82.4 Å². The van der Waals surface area contributed by atoms with Gasteiger partial charge in [0, 0.05) is 32.4 Å². The van der Waals surface area contributed by atoms with Crippen LogP contribution in [0.25, 0.3) is 0 Å². The Balaban J connectivity index is 2.00. The molecule has 0 saturated carbocycles. The van der Waals surface area contributed by atoms with E-state index in [2.05, 4.69) is 68.5 Å². The molecule has 0 heterocycles. The van der Waals surface area contributed by atoms with Gasteiger partial charge in [-0.3, -0.25) is 77.1 Å². The van der Waals surface area contributed by atoms with Crippen LogP contribution in [0, 0.1) is 23.7 Å². The number of carbonyl (C=O) groups is 14. The van der Waals surface area contributed by atoms with Crippen LogP contribution < -0.4 is 98.6 Å². The number of carbonyl (C=O) groups excluding carboxylic acids is 13. The maximum absolute atomic E-state index is 14.9. The normalized spacial score (nSPS) is 14.4. The molecule has 612 valence electrons. The Hall–Kier alpha value is -11.3. The van der Waals surface area contributed by atoms with Crippen LogP contribution in [0.15, 0.2) is 94.9 Å². The minimum Gasteiger partial charge on any atom is -0.508 e. The molecule has 12 atom stereocenters. The van der Waals surface area contributed by atoms with E-state index in [4.69, 9.17) is 40.1 Å². The summed E-state index contributed by atoms with van der Waals surface area (Å²) in [7, 11) is 0. The number of nitrogens with one attached hydrogen (secondary N) is 11. The third-order valence-electron chi connectivity index (χ3n) is 17.4. The molecular formula is C74H114N20O17. The molecule has 0 aliphatic carbocycles. The number of nitrogens with zero attached hydrogens (tertiary/aromatic N) is 2. The van der Waals surface area contributed by atoms with E-state index in [1.54, 1.807) is 114 Å². The Morgan fingerprint density at radius 1 is 0.423 bits per heavy atom. The summed E-state index contributed by atoms with van der Waals surface area (Å²) in [5.41, 5.74) is 41.7. The quantitative estimate of drug-likeness (QED) is 0.0110. The molecule has 0 aliphatic rings. The second-order valence-electron chi connectivity index (χ2n) is 28.1. The molecule has 0 aromatic heterocycles. The second-order valence-corrected chi connectivity index (χ2v) is 28.1. The fourth-order valence-electron chi connectivity index (χ4n) is 11.4. The van der Waals surface area contributed by atoms with Gasteiger partial charge in [-0.2, -0.15) is 0 Å². The number of Topliss-reactive ketones (excluding diaryl/α,β-unsaturated/α-hetero) is 1. The van der Waals surface area contributed by atoms with Crippen molar-refractivity contribution in [3.8, 4) is 5.75 Å². The largest absolute Gasteiger partial charge is 0.508 e. The number of aliphatic imine (C=N–C) groups is 2. The fourth-order valence-corrected chi connectivity index (χ4v) is 11.4. The van der Waals surface area contributed by atoms with Crippen LogP contribution >= 0.6 is 0 Å². The summed E-state index contributed by atoms with van der Waals surface area (Å²) < 4.78 is 0. The van der Waals surface area contributed by atoms with Crippen molar-refractivity contribution in [2.45, 2.75) is 198 Å². The van der Waals surface area contributed by atoms with E-state index < -0.39 is 193 Å². The number of nitrogens with two attached hydrogens (primary N) is 7. The van der Waals surface area contributed by atoms with Crippen molar-refractivity contribution in [2.75, 3.05) is 32.7 Å². The van der Waals surface area contributed by atoms with Crippen LogP contribution in [0.3, 0.4) is 0 Å². The summed E-state index contributed by atoms with van der Waals surface area (Å²) in [5, 5.41) is 58.1. The van der Waals surface area contributed by atoms with Gasteiger partial charge in [0.2, 0.25) is 70.9 Å². The molecule has 0 saturated heterocycles. The number of aromatic hydroxyl groups is 1. The van der Waals surface area contributed by atoms with Gasteiger partial charge in [0.15, 0.2) is 17.7 Å². The number of carboxylic acid groups (broad SMARTS) is 1. The average Bonchev–Trinajstić information content (AvgIpc) is 0.838. The van der Waals surface area contributed by atoms with Gasteiger partial charge in [0.05, 0.1) is 31.3 Å². The smallest absolute Gasteiger partial charge is 0.316 e. The average molecular weight is 1560 g/mol.